The molecule has 0 spiro atoms. The fourth-order valence-electron chi connectivity index (χ4n) is 2.55. The first-order valence-corrected chi connectivity index (χ1v) is 8.80. The predicted octanol–water partition coefficient (Wildman–Crippen LogP) is 4.75. The maximum Gasteiger partial charge on any atom is 0.197 e. The van der Waals surface area contributed by atoms with E-state index in [0.29, 0.717) is 20.1 Å². The Morgan fingerprint density at radius 1 is 1.26 bits per heavy atom. The van der Waals surface area contributed by atoms with Gasteiger partial charge in [-0.1, -0.05) is 19.4 Å². The van der Waals surface area contributed by atoms with Crippen molar-refractivity contribution >= 4 is 43.2 Å². The number of hydrogen-bond donors (Lipinski definition) is 1. The largest absolute Gasteiger partial charge is 0.506 e. The molecule has 0 radical (unpaired) electrons. The summed E-state index contributed by atoms with van der Waals surface area (Å²) in [6, 6.07) is 8.93. The topological polar surface area (TPSA) is 54.6 Å². The molecule has 0 bridgehead atoms. The Morgan fingerprint density at radius 3 is 2.61 bits per heavy atom. The van der Waals surface area contributed by atoms with Gasteiger partial charge in [-0.25, -0.2) is 4.52 Å². The van der Waals surface area contributed by atoms with Crippen molar-refractivity contribution in [1.82, 2.24) is 9.61 Å². The zero-order chi connectivity index (χ0) is 16.6. The summed E-state index contributed by atoms with van der Waals surface area (Å²) in [5, 5.41) is 14.4. The summed E-state index contributed by atoms with van der Waals surface area (Å²) in [6.45, 7) is 2.06. The Bertz CT molecular complexity index is 880. The van der Waals surface area contributed by atoms with Crippen molar-refractivity contribution in [3.8, 4) is 5.75 Å². The van der Waals surface area contributed by atoms with Crippen LogP contribution in [0.25, 0.3) is 5.52 Å². The van der Waals surface area contributed by atoms with Gasteiger partial charge in [-0.15, -0.1) is 0 Å². The van der Waals surface area contributed by atoms with Crippen molar-refractivity contribution in [2.75, 3.05) is 0 Å². The smallest absolute Gasteiger partial charge is 0.197 e. The van der Waals surface area contributed by atoms with E-state index < -0.39 is 0 Å². The normalized spacial score (nSPS) is 11.1. The van der Waals surface area contributed by atoms with E-state index in [0.717, 1.165) is 24.1 Å². The minimum atomic E-state index is -0.101. The number of pyridine rings is 1. The Kier molecular flexibility index (Phi) is 4.55. The third kappa shape index (κ3) is 2.93. The minimum Gasteiger partial charge on any atom is -0.506 e. The first kappa shape index (κ1) is 16.2. The highest BCUT2D eigenvalue weighted by atomic mass is 79.9. The zero-order valence-electron chi connectivity index (χ0n) is 12.4. The number of phenols is 1. The van der Waals surface area contributed by atoms with Gasteiger partial charge in [0.25, 0.3) is 0 Å². The van der Waals surface area contributed by atoms with Crippen LogP contribution in [0.2, 0.25) is 0 Å². The summed E-state index contributed by atoms with van der Waals surface area (Å²) in [5.41, 5.74) is 2.71. The lowest BCUT2D eigenvalue weighted by molar-refractivity contribution is 0.103. The van der Waals surface area contributed by atoms with Gasteiger partial charge < -0.3 is 5.11 Å². The van der Waals surface area contributed by atoms with E-state index in [1.807, 2.05) is 24.4 Å². The highest BCUT2D eigenvalue weighted by Crippen LogP contribution is 2.34. The molecular weight excluding hydrogens is 424 g/mol. The number of fused-ring (bicyclic) bond motifs is 1. The SMILES string of the molecule is CCCc1nn2ccccc2c1C(=O)c1cc(Br)c(O)c(Br)c1. The molecule has 2 aromatic heterocycles. The number of aromatic nitrogens is 2. The summed E-state index contributed by atoms with van der Waals surface area (Å²) in [4.78, 5) is 13.1. The van der Waals surface area contributed by atoms with Crippen molar-refractivity contribution < 1.29 is 9.90 Å². The maximum absolute atomic E-state index is 13.1. The molecule has 6 heteroatoms. The summed E-state index contributed by atoms with van der Waals surface area (Å²) >= 11 is 6.55. The molecule has 0 amide bonds. The lowest BCUT2D eigenvalue weighted by Crippen LogP contribution is -2.05. The molecule has 3 rings (SSSR count). The van der Waals surface area contributed by atoms with Crippen molar-refractivity contribution in [3.05, 3.63) is 62.3 Å². The Labute approximate surface area is 150 Å². The van der Waals surface area contributed by atoms with Gasteiger partial charge in [0.2, 0.25) is 0 Å². The molecule has 0 fully saturated rings. The van der Waals surface area contributed by atoms with Crippen molar-refractivity contribution in [2.24, 2.45) is 0 Å². The molecule has 23 heavy (non-hydrogen) atoms. The fraction of sp³-hybridized carbons (Fsp3) is 0.176. The second-order valence-corrected chi connectivity index (χ2v) is 6.93. The van der Waals surface area contributed by atoms with E-state index in [9.17, 15) is 9.90 Å². The number of aryl methyl sites for hydroxylation is 1. The van der Waals surface area contributed by atoms with Gasteiger partial charge in [0, 0.05) is 11.8 Å². The highest BCUT2D eigenvalue weighted by molar-refractivity contribution is 9.11. The molecule has 0 saturated heterocycles. The first-order valence-electron chi connectivity index (χ1n) is 7.22. The molecular formula is C17H14Br2N2O2. The average Bonchev–Trinajstić information content (AvgIpc) is 2.89. The number of ketones is 1. The van der Waals surface area contributed by atoms with E-state index in [4.69, 9.17) is 0 Å². The molecule has 4 nitrogen and oxygen atoms in total. The monoisotopic (exact) mass is 436 g/mol. The van der Waals surface area contributed by atoms with Gasteiger partial charge in [-0.3, -0.25) is 4.79 Å². The van der Waals surface area contributed by atoms with Gasteiger partial charge in [0.15, 0.2) is 5.78 Å². The quantitative estimate of drug-likeness (QED) is 0.599. The van der Waals surface area contributed by atoms with Gasteiger partial charge in [-0.2, -0.15) is 5.10 Å². The number of benzene rings is 1. The summed E-state index contributed by atoms with van der Waals surface area (Å²) in [6.07, 6.45) is 3.49. The maximum atomic E-state index is 13.1. The number of aromatic hydroxyl groups is 1. The predicted molar refractivity (Wildman–Crippen MR) is 96.1 cm³/mol. The average molecular weight is 438 g/mol. The van der Waals surface area contributed by atoms with E-state index >= 15 is 0 Å². The number of phenolic OH excluding ortho intramolecular Hbond substituents is 1. The van der Waals surface area contributed by atoms with Gasteiger partial charge in [0.05, 0.1) is 25.7 Å². The summed E-state index contributed by atoms with van der Waals surface area (Å²) in [5.74, 6) is -0.0220. The Hall–Kier alpha value is -1.66. The number of nitrogens with zero attached hydrogens (tertiary/aromatic N) is 2. The van der Waals surface area contributed by atoms with Gasteiger partial charge in [0.1, 0.15) is 5.75 Å². The molecule has 1 aromatic carbocycles. The van der Waals surface area contributed by atoms with Crippen LogP contribution >= 0.6 is 31.9 Å². The molecule has 0 aliphatic heterocycles. The minimum absolute atomic E-state index is 0.0789. The van der Waals surface area contributed by atoms with E-state index in [2.05, 4.69) is 43.9 Å². The fourth-order valence-corrected chi connectivity index (χ4v) is 3.73. The van der Waals surface area contributed by atoms with Crippen LogP contribution in [0.5, 0.6) is 5.75 Å². The van der Waals surface area contributed by atoms with Crippen LogP contribution in [0, 0.1) is 0 Å². The van der Waals surface area contributed by atoms with Gasteiger partial charge >= 0.3 is 0 Å². The lowest BCUT2D eigenvalue weighted by Gasteiger charge is -2.06. The van der Waals surface area contributed by atoms with Crippen LogP contribution in [0.4, 0.5) is 0 Å². The first-order chi connectivity index (χ1) is 11.0. The van der Waals surface area contributed by atoms with Crippen LogP contribution in [0.15, 0.2) is 45.5 Å². The third-order valence-corrected chi connectivity index (χ3v) is 4.81. The Morgan fingerprint density at radius 2 is 1.96 bits per heavy atom. The van der Waals surface area contributed by atoms with Crippen molar-refractivity contribution in [2.45, 2.75) is 19.8 Å². The van der Waals surface area contributed by atoms with Crippen molar-refractivity contribution in [3.63, 3.8) is 0 Å². The van der Waals surface area contributed by atoms with Crippen molar-refractivity contribution in [1.29, 1.82) is 0 Å². The molecule has 0 aliphatic carbocycles. The second kappa shape index (κ2) is 6.45. The van der Waals surface area contributed by atoms with E-state index in [-0.39, 0.29) is 11.5 Å². The zero-order valence-corrected chi connectivity index (χ0v) is 15.6. The van der Waals surface area contributed by atoms with Crippen LogP contribution in [0.1, 0.15) is 35.0 Å². The van der Waals surface area contributed by atoms with Crippen LogP contribution in [0.3, 0.4) is 0 Å². The van der Waals surface area contributed by atoms with Crippen LogP contribution < -0.4 is 0 Å². The molecule has 2 heterocycles. The lowest BCUT2D eigenvalue weighted by atomic mass is 10.00. The third-order valence-electron chi connectivity index (χ3n) is 3.61. The number of carbonyl (C=O) groups excluding carboxylic acids is 1. The van der Waals surface area contributed by atoms with Gasteiger partial charge in [-0.05, 0) is 62.5 Å². The highest BCUT2D eigenvalue weighted by Gasteiger charge is 2.22. The standard InChI is InChI=1S/C17H14Br2N2O2/c1-2-5-13-15(14-6-3-4-7-21(14)20-13)16(22)10-8-11(18)17(23)12(19)9-10/h3-4,6-9,23H,2,5H2,1H3. The van der Waals surface area contributed by atoms with Crippen LogP contribution in [-0.2, 0) is 6.42 Å². The molecule has 1 N–H and O–H groups in total. The molecule has 0 unspecified atom stereocenters. The Balaban J connectivity index is 2.19. The second-order valence-electron chi connectivity index (χ2n) is 5.22. The van der Waals surface area contributed by atoms with Crippen LogP contribution in [-0.4, -0.2) is 20.5 Å². The van der Waals surface area contributed by atoms with E-state index in [1.54, 1.807) is 16.6 Å². The number of carbonyl (C=O) groups is 1. The summed E-state index contributed by atoms with van der Waals surface area (Å²) < 4.78 is 2.69. The molecule has 0 aliphatic rings. The molecule has 3 aromatic rings. The molecule has 118 valence electrons. The number of rotatable bonds is 4. The molecule has 0 saturated carbocycles. The molecule has 0 atom stereocenters. The number of halogens is 2. The summed E-state index contributed by atoms with van der Waals surface area (Å²) in [7, 11) is 0. The number of hydrogen-bond acceptors (Lipinski definition) is 3. The van der Waals surface area contributed by atoms with E-state index in [1.165, 1.54) is 0 Å².